The average molecular weight is 371 g/mol. The normalized spacial score (nSPS) is 22.2. The number of amides is 1. The standard InChI is InChI=1S/C16H23BrN2O3/c1-16(2,3)22-15(21)19(12-6-4-5-7-13(12)20)14-9-8-11(17)10-18-14/h8-10,12-13,20H,4-7H2,1-3H3/t12-,13-/m0/s1. The molecule has 0 aliphatic heterocycles. The second-order valence-corrected chi connectivity index (χ2v) is 7.52. The summed E-state index contributed by atoms with van der Waals surface area (Å²) < 4.78 is 6.35. The Hall–Kier alpha value is -1.14. The molecule has 22 heavy (non-hydrogen) atoms. The Morgan fingerprint density at radius 3 is 2.59 bits per heavy atom. The van der Waals surface area contributed by atoms with Gasteiger partial charge in [0.05, 0.1) is 12.1 Å². The van der Waals surface area contributed by atoms with Gasteiger partial charge in [-0.1, -0.05) is 12.8 Å². The second-order valence-electron chi connectivity index (χ2n) is 6.60. The summed E-state index contributed by atoms with van der Waals surface area (Å²) in [7, 11) is 0. The molecule has 0 bridgehead atoms. The zero-order chi connectivity index (χ0) is 16.3. The predicted molar refractivity (Wildman–Crippen MR) is 88.9 cm³/mol. The summed E-state index contributed by atoms with van der Waals surface area (Å²) >= 11 is 3.34. The van der Waals surface area contributed by atoms with Crippen LogP contribution in [0.2, 0.25) is 0 Å². The summed E-state index contributed by atoms with van der Waals surface area (Å²) in [5.74, 6) is 0.503. The van der Waals surface area contributed by atoms with Crippen LogP contribution in [-0.4, -0.2) is 33.9 Å². The quantitative estimate of drug-likeness (QED) is 0.857. The molecule has 1 aromatic heterocycles. The van der Waals surface area contributed by atoms with Crippen LogP contribution >= 0.6 is 15.9 Å². The van der Waals surface area contributed by atoms with Gasteiger partial charge in [-0.05, 0) is 61.7 Å². The molecule has 1 saturated carbocycles. The second kappa shape index (κ2) is 6.96. The van der Waals surface area contributed by atoms with E-state index in [1.807, 2.05) is 26.8 Å². The van der Waals surface area contributed by atoms with E-state index in [2.05, 4.69) is 20.9 Å². The van der Waals surface area contributed by atoms with E-state index in [-0.39, 0.29) is 6.04 Å². The van der Waals surface area contributed by atoms with Crippen molar-refractivity contribution in [2.24, 2.45) is 0 Å². The van der Waals surface area contributed by atoms with E-state index >= 15 is 0 Å². The van der Waals surface area contributed by atoms with E-state index < -0.39 is 17.8 Å². The highest BCUT2D eigenvalue weighted by molar-refractivity contribution is 9.10. The number of aliphatic hydroxyl groups is 1. The summed E-state index contributed by atoms with van der Waals surface area (Å²) in [5, 5.41) is 10.3. The Morgan fingerprint density at radius 2 is 2.05 bits per heavy atom. The number of carbonyl (C=O) groups excluding carboxylic acids is 1. The molecule has 2 atom stereocenters. The van der Waals surface area contributed by atoms with Crippen LogP contribution in [0.4, 0.5) is 10.6 Å². The van der Waals surface area contributed by atoms with Gasteiger partial charge < -0.3 is 9.84 Å². The number of nitrogens with zero attached hydrogens (tertiary/aromatic N) is 2. The Labute approximate surface area is 139 Å². The number of ether oxygens (including phenoxy) is 1. The first-order valence-electron chi connectivity index (χ1n) is 7.60. The first-order valence-corrected chi connectivity index (χ1v) is 8.39. The van der Waals surface area contributed by atoms with E-state index in [4.69, 9.17) is 4.74 Å². The molecule has 1 amide bonds. The van der Waals surface area contributed by atoms with Crippen LogP contribution in [0.3, 0.4) is 0 Å². The maximum atomic E-state index is 12.6. The summed E-state index contributed by atoms with van der Waals surface area (Å²) in [6, 6.07) is 3.29. The van der Waals surface area contributed by atoms with E-state index in [1.165, 1.54) is 4.90 Å². The van der Waals surface area contributed by atoms with E-state index in [0.29, 0.717) is 12.2 Å². The van der Waals surface area contributed by atoms with Crippen molar-refractivity contribution in [2.75, 3.05) is 4.90 Å². The Balaban J connectivity index is 2.31. The maximum Gasteiger partial charge on any atom is 0.416 e. The number of aliphatic hydroxyl groups excluding tert-OH is 1. The van der Waals surface area contributed by atoms with Gasteiger partial charge in [0, 0.05) is 10.7 Å². The molecule has 0 spiro atoms. The molecule has 2 rings (SSSR count). The van der Waals surface area contributed by atoms with Gasteiger partial charge in [0.25, 0.3) is 0 Å². The van der Waals surface area contributed by atoms with Crippen LogP contribution in [0.15, 0.2) is 22.8 Å². The minimum Gasteiger partial charge on any atom is -0.443 e. The van der Waals surface area contributed by atoms with Gasteiger partial charge in [-0.25, -0.2) is 9.78 Å². The largest absolute Gasteiger partial charge is 0.443 e. The van der Waals surface area contributed by atoms with Crippen LogP contribution < -0.4 is 4.90 Å². The summed E-state index contributed by atoms with van der Waals surface area (Å²) in [4.78, 5) is 18.4. The fraction of sp³-hybridized carbons (Fsp3) is 0.625. The highest BCUT2D eigenvalue weighted by Gasteiger charge is 2.36. The molecule has 0 saturated heterocycles. The van der Waals surface area contributed by atoms with E-state index in [1.54, 1.807) is 12.3 Å². The van der Waals surface area contributed by atoms with Crippen molar-refractivity contribution in [1.82, 2.24) is 4.98 Å². The number of anilines is 1. The number of aromatic nitrogens is 1. The molecule has 0 unspecified atom stereocenters. The molecular weight excluding hydrogens is 348 g/mol. The average Bonchev–Trinajstić information content (AvgIpc) is 2.41. The van der Waals surface area contributed by atoms with Gasteiger partial charge in [-0.15, -0.1) is 0 Å². The van der Waals surface area contributed by atoms with Crippen LogP contribution in [-0.2, 0) is 4.74 Å². The Bertz CT molecular complexity index is 513. The topological polar surface area (TPSA) is 62.7 Å². The van der Waals surface area contributed by atoms with Gasteiger partial charge in [0.2, 0.25) is 0 Å². The SMILES string of the molecule is CC(C)(C)OC(=O)N(c1ccc(Br)cn1)[C@H]1CCCC[C@@H]1O. The molecule has 0 radical (unpaired) electrons. The van der Waals surface area contributed by atoms with Gasteiger partial charge >= 0.3 is 6.09 Å². The minimum absolute atomic E-state index is 0.294. The number of hydrogen-bond acceptors (Lipinski definition) is 4. The Kier molecular flexibility index (Phi) is 5.45. The smallest absolute Gasteiger partial charge is 0.416 e. The zero-order valence-corrected chi connectivity index (χ0v) is 14.8. The molecule has 1 aromatic rings. The number of carbonyl (C=O) groups is 1. The monoisotopic (exact) mass is 370 g/mol. The number of pyridine rings is 1. The van der Waals surface area contributed by atoms with Gasteiger partial charge in [-0.2, -0.15) is 0 Å². The van der Waals surface area contributed by atoms with Crippen molar-refractivity contribution in [3.05, 3.63) is 22.8 Å². The molecule has 1 heterocycles. The van der Waals surface area contributed by atoms with Gasteiger partial charge in [0.15, 0.2) is 0 Å². The molecule has 1 aliphatic carbocycles. The lowest BCUT2D eigenvalue weighted by molar-refractivity contribution is 0.0465. The molecular formula is C16H23BrN2O3. The number of hydrogen-bond donors (Lipinski definition) is 1. The summed E-state index contributed by atoms with van der Waals surface area (Å²) in [6.07, 6.45) is 4.03. The predicted octanol–water partition coefficient (Wildman–Crippen LogP) is 3.89. The highest BCUT2D eigenvalue weighted by atomic mass is 79.9. The molecule has 0 aromatic carbocycles. The lowest BCUT2D eigenvalue weighted by Gasteiger charge is -2.37. The van der Waals surface area contributed by atoms with Crippen molar-refractivity contribution in [2.45, 2.75) is 64.2 Å². The lowest BCUT2D eigenvalue weighted by atomic mass is 9.91. The summed E-state index contributed by atoms with van der Waals surface area (Å²) in [6.45, 7) is 5.49. The molecule has 5 nitrogen and oxygen atoms in total. The fourth-order valence-electron chi connectivity index (χ4n) is 2.61. The number of halogens is 1. The van der Waals surface area contributed by atoms with E-state index in [9.17, 15) is 9.90 Å². The minimum atomic E-state index is -0.593. The molecule has 122 valence electrons. The van der Waals surface area contributed by atoms with Crippen LogP contribution in [0, 0.1) is 0 Å². The molecule has 1 fully saturated rings. The van der Waals surface area contributed by atoms with E-state index in [0.717, 1.165) is 23.7 Å². The van der Waals surface area contributed by atoms with Crippen molar-refractivity contribution in [3.8, 4) is 0 Å². The first kappa shape index (κ1) is 17.2. The third-order valence-corrected chi connectivity index (χ3v) is 4.04. The molecule has 6 heteroatoms. The van der Waals surface area contributed by atoms with Gasteiger partial charge in [-0.3, -0.25) is 4.90 Å². The van der Waals surface area contributed by atoms with Crippen molar-refractivity contribution in [1.29, 1.82) is 0 Å². The lowest BCUT2D eigenvalue weighted by Crippen LogP contribution is -2.50. The van der Waals surface area contributed by atoms with Crippen LogP contribution in [0.25, 0.3) is 0 Å². The van der Waals surface area contributed by atoms with Crippen molar-refractivity contribution < 1.29 is 14.6 Å². The summed E-state index contributed by atoms with van der Waals surface area (Å²) in [5.41, 5.74) is -0.593. The van der Waals surface area contributed by atoms with Crippen molar-refractivity contribution >= 4 is 27.8 Å². The fourth-order valence-corrected chi connectivity index (χ4v) is 2.85. The molecule has 1 aliphatic rings. The van der Waals surface area contributed by atoms with Gasteiger partial charge in [0.1, 0.15) is 11.4 Å². The maximum absolute atomic E-state index is 12.6. The third-order valence-electron chi connectivity index (χ3n) is 3.57. The zero-order valence-electron chi connectivity index (χ0n) is 13.3. The number of rotatable bonds is 2. The van der Waals surface area contributed by atoms with Crippen LogP contribution in [0.1, 0.15) is 46.5 Å². The first-order chi connectivity index (χ1) is 10.3. The van der Waals surface area contributed by atoms with Crippen LogP contribution in [0.5, 0.6) is 0 Å². The van der Waals surface area contributed by atoms with Crippen molar-refractivity contribution in [3.63, 3.8) is 0 Å². The Morgan fingerprint density at radius 1 is 1.36 bits per heavy atom. The highest BCUT2D eigenvalue weighted by Crippen LogP contribution is 2.29. The molecule has 1 N–H and O–H groups in total. The third kappa shape index (κ3) is 4.43.